The van der Waals surface area contributed by atoms with E-state index < -0.39 is 24.3 Å². The number of unbranched alkanes of at least 4 members (excludes halogenated alkanes) is 3. The van der Waals surface area contributed by atoms with Crippen LogP contribution in [0, 0.1) is 23.7 Å². The highest BCUT2D eigenvalue weighted by molar-refractivity contribution is 5.66. The number of hydrogen-bond acceptors (Lipinski definition) is 4. The van der Waals surface area contributed by atoms with Gasteiger partial charge in [-0.15, -0.1) is 0 Å². The number of aliphatic carboxylic acids is 1. The highest BCUT2D eigenvalue weighted by Gasteiger charge is 2.40. The molecule has 1 aliphatic carbocycles. The van der Waals surface area contributed by atoms with Crippen molar-refractivity contribution >= 4 is 5.97 Å². The monoisotopic (exact) mass is 352 g/mol. The second-order valence-corrected chi connectivity index (χ2v) is 6.85. The zero-order valence-corrected chi connectivity index (χ0v) is 15.1. The lowest BCUT2D eigenvalue weighted by atomic mass is 9.90. The van der Waals surface area contributed by atoms with Crippen LogP contribution in [0.3, 0.4) is 0 Å². The first-order valence-corrected chi connectivity index (χ1v) is 9.37. The molecule has 1 saturated carbocycles. The highest BCUT2D eigenvalue weighted by atomic mass is 16.4. The van der Waals surface area contributed by atoms with E-state index in [-0.39, 0.29) is 18.3 Å². The fourth-order valence-corrected chi connectivity index (χ4v) is 3.20. The molecular weight excluding hydrogens is 320 g/mol. The van der Waals surface area contributed by atoms with Crippen molar-refractivity contribution in [2.75, 3.05) is 0 Å². The maximum atomic E-state index is 10.5. The highest BCUT2D eigenvalue weighted by Crippen LogP contribution is 2.35. The number of hydrogen-bond donors (Lipinski definition) is 4. The van der Waals surface area contributed by atoms with E-state index in [1.165, 1.54) is 0 Å². The molecule has 0 aliphatic heterocycles. The van der Waals surface area contributed by atoms with Crippen LogP contribution in [0.4, 0.5) is 0 Å². The van der Waals surface area contributed by atoms with Crippen molar-refractivity contribution in [2.24, 2.45) is 11.8 Å². The SMILES string of the molecule is CCCCCC(O)C#C[C@H]1C(O)CC(O)[C@@H]1CC=CCCCC(=O)O. The van der Waals surface area contributed by atoms with Crippen LogP contribution in [0.1, 0.15) is 64.7 Å². The van der Waals surface area contributed by atoms with Crippen molar-refractivity contribution in [1.82, 2.24) is 0 Å². The molecule has 0 bridgehead atoms. The third-order valence-corrected chi connectivity index (χ3v) is 4.69. The third-order valence-electron chi connectivity index (χ3n) is 4.69. The summed E-state index contributed by atoms with van der Waals surface area (Å²) in [5.41, 5.74) is 0. The molecule has 142 valence electrons. The third kappa shape index (κ3) is 8.53. The van der Waals surface area contributed by atoms with Crippen LogP contribution in [0.5, 0.6) is 0 Å². The molecule has 0 aromatic carbocycles. The molecule has 4 N–H and O–H groups in total. The van der Waals surface area contributed by atoms with Crippen molar-refractivity contribution in [1.29, 1.82) is 0 Å². The molecule has 0 heterocycles. The van der Waals surface area contributed by atoms with Gasteiger partial charge in [0.15, 0.2) is 0 Å². The summed E-state index contributed by atoms with van der Waals surface area (Å²) in [4.78, 5) is 10.5. The van der Waals surface area contributed by atoms with E-state index in [2.05, 4.69) is 18.8 Å². The van der Waals surface area contributed by atoms with Crippen LogP contribution in [0.25, 0.3) is 0 Å². The summed E-state index contributed by atoms with van der Waals surface area (Å²) in [5, 5.41) is 38.8. The Morgan fingerprint density at radius 3 is 2.64 bits per heavy atom. The Bertz CT molecular complexity index is 476. The summed E-state index contributed by atoms with van der Waals surface area (Å²) in [6.07, 6.45) is 7.97. The van der Waals surface area contributed by atoms with Gasteiger partial charge in [0.05, 0.1) is 18.1 Å². The molecule has 25 heavy (non-hydrogen) atoms. The normalized spacial score (nSPS) is 27.2. The van der Waals surface area contributed by atoms with Gasteiger partial charge in [0.2, 0.25) is 0 Å². The van der Waals surface area contributed by atoms with Crippen LogP contribution in [0.2, 0.25) is 0 Å². The summed E-state index contributed by atoms with van der Waals surface area (Å²) in [7, 11) is 0. The molecule has 1 aliphatic rings. The zero-order chi connectivity index (χ0) is 18.7. The Morgan fingerprint density at radius 2 is 1.96 bits per heavy atom. The molecule has 5 nitrogen and oxygen atoms in total. The molecule has 0 amide bonds. The van der Waals surface area contributed by atoms with E-state index in [4.69, 9.17) is 5.11 Å². The lowest BCUT2D eigenvalue weighted by Gasteiger charge is -2.17. The van der Waals surface area contributed by atoms with Gasteiger partial charge < -0.3 is 20.4 Å². The molecular formula is C20H32O5. The molecule has 1 fully saturated rings. The molecule has 5 heteroatoms. The quantitative estimate of drug-likeness (QED) is 0.275. The first-order valence-electron chi connectivity index (χ1n) is 9.37. The van der Waals surface area contributed by atoms with Gasteiger partial charge in [-0.05, 0) is 32.1 Å². The first kappa shape index (κ1) is 21.7. The number of rotatable bonds is 10. The predicted octanol–water partition coefficient (Wildman–Crippen LogP) is 2.49. The summed E-state index contributed by atoms with van der Waals surface area (Å²) >= 11 is 0. The Labute approximate surface area is 150 Å². The second kappa shape index (κ2) is 12.1. The Kier molecular flexibility index (Phi) is 10.5. The summed E-state index contributed by atoms with van der Waals surface area (Å²) < 4.78 is 0. The van der Waals surface area contributed by atoms with Gasteiger partial charge in [0, 0.05) is 18.8 Å². The van der Waals surface area contributed by atoms with E-state index in [1.807, 2.05) is 12.2 Å². The van der Waals surface area contributed by atoms with E-state index in [9.17, 15) is 20.1 Å². The molecule has 0 radical (unpaired) electrons. The topological polar surface area (TPSA) is 98.0 Å². The summed E-state index contributed by atoms with van der Waals surface area (Å²) in [5.74, 6) is 4.54. The van der Waals surface area contributed by atoms with Gasteiger partial charge in [-0.1, -0.05) is 43.8 Å². The summed E-state index contributed by atoms with van der Waals surface area (Å²) in [6, 6.07) is 0. The number of carboxylic acids is 1. The van der Waals surface area contributed by atoms with Crippen molar-refractivity contribution in [2.45, 2.75) is 83.0 Å². The average Bonchev–Trinajstić information content (AvgIpc) is 2.82. The smallest absolute Gasteiger partial charge is 0.303 e. The number of aliphatic hydroxyl groups excluding tert-OH is 3. The number of carboxylic acid groups (broad SMARTS) is 1. The fraction of sp³-hybridized carbons (Fsp3) is 0.750. The predicted molar refractivity (Wildman–Crippen MR) is 96.8 cm³/mol. The minimum Gasteiger partial charge on any atom is -0.481 e. The minimum absolute atomic E-state index is 0.152. The van der Waals surface area contributed by atoms with Crippen LogP contribution >= 0.6 is 0 Å². The van der Waals surface area contributed by atoms with Crippen LogP contribution < -0.4 is 0 Å². The maximum absolute atomic E-state index is 10.5. The van der Waals surface area contributed by atoms with Crippen LogP contribution in [-0.4, -0.2) is 44.7 Å². The van der Waals surface area contributed by atoms with Gasteiger partial charge in [-0.3, -0.25) is 4.79 Å². The van der Waals surface area contributed by atoms with Crippen molar-refractivity contribution in [3.8, 4) is 11.8 Å². The average molecular weight is 352 g/mol. The van der Waals surface area contributed by atoms with Gasteiger partial charge in [0.25, 0.3) is 0 Å². The Balaban J connectivity index is 2.50. The first-order chi connectivity index (χ1) is 12.0. The van der Waals surface area contributed by atoms with Crippen molar-refractivity contribution in [3.05, 3.63) is 12.2 Å². The fourth-order valence-electron chi connectivity index (χ4n) is 3.20. The number of allylic oxidation sites excluding steroid dienone is 2. The van der Waals surface area contributed by atoms with Crippen molar-refractivity contribution < 1.29 is 25.2 Å². The van der Waals surface area contributed by atoms with E-state index in [1.54, 1.807) is 0 Å². The van der Waals surface area contributed by atoms with E-state index in [0.717, 1.165) is 19.3 Å². The molecule has 3 unspecified atom stereocenters. The summed E-state index contributed by atoms with van der Waals surface area (Å²) in [6.45, 7) is 2.11. The molecule has 0 aromatic rings. The van der Waals surface area contributed by atoms with Crippen molar-refractivity contribution in [3.63, 3.8) is 0 Å². The lowest BCUT2D eigenvalue weighted by Crippen LogP contribution is -2.20. The second-order valence-electron chi connectivity index (χ2n) is 6.85. The standard InChI is InChI=1S/C20H32O5/c1-2-3-6-9-15(21)12-13-17-16(18(22)14-19(17)23)10-7-4-5-8-11-20(24)25/h4,7,15-19,21-23H,2-3,5-6,8-11,14H2,1H3,(H,24,25)/t15?,16-,17-,18?,19?/m1/s1. The van der Waals surface area contributed by atoms with E-state index in [0.29, 0.717) is 32.1 Å². The lowest BCUT2D eigenvalue weighted by molar-refractivity contribution is -0.137. The molecule has 0 saturated heterocycles. The minimum atomic E-state index is -0.796. The molecule has 5 atom stereocenters. The van der Waals surface area contributed by atoms with Gasteiger partial charge in [-0.25, -0.2) is 0 Å². The largest absolute Gasteiger partial charge is 0.481 e. The molecule has 1 rings (SSSR count). The van der Waals surface area contributed by atoms with Gasteiger partial charge in [0.1, 0.15) is 6.10 Å². The Hall–Kier alpha value is -1.35. The van der Waals surface area contributed by atoms with E-state index >= 15 is 0 Å². The van der Waals surface area contributed by atoms with Crippen LogP contribution in [-0.2, 0) is 4.79 Å². The molecule has 0 aromatic heterocycles. The molecule has 0 spiro atoms. The number of carbonyl (C=O) groups is 1. The van der Waals surface area contributed by atoms with Gasteiger partial charge >= 0.3 is 5.97 Å². The maximum Gasteiger partial charge on any atom is 0.303 e. The Morgan fingerprint density at radius 1 is 1.20 bits per heavy atom. The van der Waals surface area contributed by atoms with Crippen LogP contribution in [0.15, 0.2) is 12.2 Å². The zero-order valence-electron chi connectivity index (χ0n) is 15.1. The van der Waals surface area contributed by atoms with Gasteiger partial charge in [-0.2, -0.15) is 0 Å². The number of aliphatic hydroxyl groups is 3.